The van der Waals surface area contributed by atoms with Crippen molar-refractivity contribution in [3.63, 3.8) is 0 Å². The zero-order chi connectivity index (χ0) is 17.3. The lowest BCUT2D eigenvalue weighted by atomic mass is 9.46. The molecule has 3 heteroatoms. The number of carbonyl (C=O) groups excluding carboxylic acids is 2. The first-order valence-electron chi connectivity index (χ1n) is 9.70. The summed E-state index contributed by atoms with van der Waals surface area (Å²) < 4.78 is 0. The third-order valence-electron chi connectivity index (χ3n) is 8.38. The normalized spacial score (nSPS) is 50.6. The molecule has 0 radical (unpaired) electrons. The summed E-state index contributed by atoms with van der Waals surface area (Å²) in [5.41, 5.74) is 1.23. The summed E-state index contributed by atoms with van der Waals surface area (Å²) in [6.07, 6.45) is 7.97. The Bertz CT molecular complexity index is 621. The maximum Gasteiger partial charge on any atom is 0.155 e. The van der Waals surface area contributed by atoms with Crippen LogP contribution in [0, 0.1) is 34.5 Å². The van der Waals surface area contributed by atoms with Gasteiger partial charge >= 0.3 is 0 Å². The molecular formula is C21H30O3. The Labute approximate surface area is 144 Å². The Kier molecular flexibility index (Phi) is 3.62. The van der Waals surface area contributed by atoms with Crippen molar-refractivity contribution in [2.75, 3.05) is 0 Å². The Morgan fingerprint density at radius 3 is 2.67 bits per heavy atom. The molecule has 3 fully saturated rings. The zero-order valence-corrected chi connectivity index (χ0v) is 15.2. The lowest BCUT2D eigenvalue weighted by Gasteiger charge is -2.59. The van der Waals surface area contributed by atoms with Crippen molar-refractivity contribution < 1.29 is 14.7 Å². The Hall–Kier alpha value is -0.960. The van der Waals surface area contributed by atoms with E-state index in [-0.39, 0.29) is 34.6 Å². The van der Waals surface area contributed by atoms with Crippen LogP contribution >= 0.6 is 0 Å². The molecule has 7 atom stereocenters. The Morgan fingerprint density at radius 1 is 1.21 bits per heavy atom. The third kappa shape index (κ3) is 2.06. The maximum absolute atomic E-state index is 12.2. The fourth-order valence-corrected chi connectivity index (χ4v) is 7.35. The van der Waals surface area contributed by atoms with E-state index in [4.69, 9.17) is 0 Å². The Morgan fingerprint density at radius 2 is 1.96 bits per heavy atom. The van der Waals surface area contributed by atoms with Gasteiger partial charge in [0.1, 0.15) is 5.78 Å². The van der Waals surface area contributed by atoms with E-state index in [9.17, 15) is 14.7 Å². The largest absolute Gasteiger partial charge is 0.393 e. The van der Waals surface area contributed by atoms with Gasteiger partial charge in [0.2, 0.25) is 0 Å². The fourth-order valence-electron chi connectivity index (χ4n) is 7.35. The van der Waals surface area contributed by atoms with E-state index in [0.29, 0.717) is 24.0 Å². The molecule has 0 spiro atoms. The smallest absolute Gasteiger partial charge is 0.155 e. The lowest BCUT2D eigenvalue weighted by Crippen LogP contribution is -2.56. The van der Waals surface area contributed by atoms with Crippen molar-refractivity contribution in [2.24, 2.45) is 34.5 Å². The molecule has 0 amide bonds. The van der Waals surface area contributed by atoms with Gasteiger partial charge in [-0.1, -0.05) is 19.4 Å². The second kappa shape index (κ2) is 5.27. The summed E-state index contributed by atoms with van der Waals surface area (Å²) in [5, 5.41) is 11.2. The highest BCUT2D eigenvalue weighted by molar-refractivity contribution is 5.91. The minimum atomic E-state index is -0.349. The first-order valence-corrected chi connectivity index (χ1v) is 9.70. The number of aliphatic hydroxyl groups excluding tert-OH is 1. The van der Waals surface area contributed by atoms with Crippen LogP contribution in [0.25, 0.3) is 0 Å². The van der Waals surface area contributed by atoms with E-state index in [1.54, 1.807) is 6.92 Å². The van der Waals surface area contributed by atoms with Crippen LogP contribution < -0.4 is 0 Å². The number of allylic oxidation sites excluding steroid dienone is 1. The van der Waals surface area contributed by atoms with Gasteiger partial charge < -0.3 is 5.11 Å². The Balaban J connectivity index is 1.72. The fraction of sp³-hybridized carbons (Fsp3) is 0.810. The van der Waals surface area contributed by atoms with Gasteiger partial charge in [-0.15, -0.1) is 0 Å². The molecule has 1 N–H and O–H groups in total. The molecule has 0 aromatic carbocycles. The van der Waals surface area contributed by atoms with Crippen molar-refractivity contribution in [1.29, 1.82) is 0 Å². The van der Waals surface area contributed by atoms with Crippen molar-refractivity contribution in [1.82, 2.24) is 0 Å². The number of fused-ring (bicyclic) bond motifs is 5. The second-order valence-corrected chi connectivity index (χ2v) is 9.41. The van der Waals surface area contributed by atoms with Crippen LogP contribution in [0.5, 0.6) is 0 Å². The van der Waals surface area contributed by atoms with E-state index in [1.807, 2.05) is 6.08 Å². The van der Waals surface area contributed by atoms with Crippen LogP contribution in [0.3, 0.4) is 0 Å². The van der Waals surface area contributed by atoms with Crippen LogP contribution in [0.15, 0.2) is 11.6 Å². The number of ketones is 2. The van der Waals surface area contributed by atoms with Crippen LogP contribution in [0.2, 0.25) is 0 Å². The van der Waals surface area contributed by atoms with Gasteiger partial charge in [-0.05, 0) is 80.1 Å². The van der Waals surface area contributed by atoms with E-state index in [2.05, 4.69) is 13.8 Å². The molecule has 4 aliphatic carbocycles. The summed E-state index contributed by atoms with van der Waals surface area (Å²) in [7, 11) is 0. The predicted molar refractivity (Wildman–Crippen MR) is 92.3 cm³/mol. The molecule has 0 unspecified atom stereocenters. The minimum Gasteiger partial charge on any atom is -0.393 e. The van der Waals surface area contributed by atoms with Crippen molar-refractivity contribution in [3.05, 3.63) is 11.6 Å². The first kappa shape index (κ1) is 16.5. The van der Waals surface area contributed by atoms with Crippen LogP contribution in [0.1, 0.15) is 65.7 Å². The quantitative estimate of drug-likeness (QED) is 0.797. The summed E-state index contributed by atoms with van der Waals surface area (Å²) in [4.78, 5) is 24.0. The molecule has 132 valence electrons. The monoisotopic (exact) mass is 330 g/mol. The van der Waals surface area contributed by atoms with Crippen molar-refractivity contribution in [3.8, 4) is 0 Å². The summed E-state index contributed by atoms with van der Waals surface area (Å²) in [6, 6.07) is 0. The zero-order valence-electron chi connectivity index (χ0n) is 15.2. The van der Waals surface area contributed by atoms with Gasteiger partial charge in [0.05, 0.1) is 6.10 Å². The van der Waals surface area contributed by atoms with Gasteiger partial charge in [-0.2, -0.15) is 0 Å². The van der Waals surface area contributed by atoms with Gasteiger partial charge in [0.15, 0.2) is 5.78 Å². The molecule has 0 bridgehead atoms. The van der Waals surface area contributed by atoms with Gasteiger partial charge in [-0.3, -0.25) is 9.59 Å². The first-order chi connectivity index (χ1) is 11.3. The highest BCUT2D eigenvalue weighted by atomic mass is 16.3. The molecule has 0 aromatic heterocycles. The summed E-state index contributed by atoms with van der Waals surface area (Å²) in [6.45, 7) is 6.27. The highest BCUT2D eigenvalue weighted by Gasteiger charge is 2.62. The average molecular weight is 330 g/mol. The molecular weight excluding hydrogens is 300 g/mol. The molecule has 4 aliphatic rings. The number of carbonyl (C=O) groups is 2. The number of hydrogen-bond donors (Lipinski definition) is 1. The van der Waals surface area contributed by atoms with Gasteiger partial charge in [-0.25, -0.2) is 0 Å². The third-order valence-corrected chi connectivity index (χ3v) is 8.38. The van der Waals surface area contributed by atoms with Crippen LogP contribution in [-0.2, 0) is 9.59 Å². The topological polar surface area (TPSA) is 54.4 Å². The average Bonchev–Trinajstić information content (AvgIpc) is 2.84. The molecule has 24 heavy (non-hydrogen) atoms. The SMILES string of the molecule is CC(=O)[C@H]1CC[C@@H]2[C@H]3CCC4=CC(=O)CC[C@]4(C)[C@H]3[C@H](O)C[C@]12C. The number of rotatable bonds is 1. The molecule has 0 aliphatic heterocycles. The molecule has 3 saturated carbocycles. The number of aliphatic hydroxyl groups is 1. The van der Waals surface area contributed by atoms with E-state index < -0.39 is 0 Å². The molecule has 3 nitrogen and oxygen atoms in total. The second-order valence-electron chi connectivity index (χ2n) is 9.41. The van der Waals surface area contributed by atoms with Gasteiger partial charge in [0, 0.05) is 12.3 Å². The molecule has 4 rings (SSSR count). The summed E-state index contributed by atoms with van der Waals surface area (Å²) >= 11 is 0. The highest BCUT2D eigenvalue weighted by Crippen LogP contribution is 2.66. The van der Waals surface area contributed by atoms with Gasteiger partial charge in [0.25, 0.3) is 0 Å². The van der Waals surface area contributed by atoms with Crippen LogP contribution in [-0.4, -0.2) is 22.8 Å². The number of Topliss-reactive ketones (excluding diaryl/α,β-unsaturated/α-hetero) is 1. The maximum atomic E-state index is 12.2. The standard InChI is InChI=1S/C21H30O3/c1-12(22)16-6-7-17-15-5-4-13-10-14(23)8-9-20(13,2)19(15)18(24)11-21(16,17)3/h10,15-19,24H,4-9,11H2,1-3H3/t15-,16-,17-,18-,19-,20+,21-/m1/s1. The molecule has 0 aromatic rings. The number of hydrogen-bond acceptors (Lipinski definition) is 3. The van der Waals surface area contributed by atoms with Crippen molar-refractivity contribution in [2.45, 2.75) is 71.8 Å². The van der Waals surface area contributed by atoms with E-state index >= 15 is 0 Å². The predicted octanol–water partition coefficient (Wildman–Crippen LogP) is 3.69. The lowest BCUT2D eigenvalue weighted by molar-refractivity contribution is -0.143. The van der Waals surface area contributed by atoms with E-state index in [1.165, 1.54) is 5.57 Å². The van der Waals surface area contributed by atoms with E-state index in [0.717, 1.165) is 38.5 Å². The van der Waals surface area contributed by atoms with Crippen LogP contribution in [0.4, 0.5) is 0 Å². The molecule has 0 saturated heterocycles. The summed E-state index contributed by atoms with van der Waals surface area (Å²) in [5.74, 6) is 1.99. The van der Waals surface area contributed by atoms with Crippen molar-refractivity contribution >= 4 is 11.6 Å². The minimum absolute atomic E-state index is 0.0219. The molecule has 0 heterocycles.